The third-order valence-corrected chi connectivity index (χ3v) is 2.92. The number of rotatable bonds is 2. The first-order chi connectivity index (χ1) is 9.00. The average Bonchev–Trinajstić information content (AvgIpc) is 2.38. The number of ether oxygens (including phenoxy) is 1. The van der Waals surface area contributed by atoms with Crippen molar-refractivity contribution in [1.29, 1.82) is 0 Å². The van der Waals surface area contributed by atoms with Crippen molar-refractivity contribution < 1.29 is 9.66 Å². The topological polar surface area (TPSA) is 68.5 Å². The van der Waals surface area contributed by atoms with Gasteiger partial charge in [0, 0.05) is 26.4 Å². The summed E-state index contributed by atoms with van der Waals surface area (Å²) in [4.78, 5) is 16.3. The maximum absolute atomic E-state index is 11.0. The molecule has 0 aliphatic carbocycles. The van der Waals surface area contributed by atoms with Gasteiger partial charge in [0.15, 0.2) is 5.75 Å². The molecule has 0 saturated heterocycles. The molecule has 0 radical (unpaired) electrons. The standard InChI is InChI=1S/C12H11N3O3S/c1-14(2)12(19)18-10-6-5-9(15(16)17)8-4-3-7-13-11(8)10/h3-7H,1-2H3. The first kappa shape index (κ1) is 13.2. The molecule has 0 bridgehead atoms. The third-order valence-electron chi connectivity index (χ3n) is 2.47. The monoisotopic (exact) mass is 277 g/mol. The Morgan fingerprint density at radius 1 is 1.42 bits per heavy atom. The molecule has 0 saturated carbocycles. The highest BCUT2D eigenvalue weighted by atomic mass is 32.1. The molecule has 0 spiro atoms. The van der Waals surface area contributed by atoms with E-state index in [4.69, 9.17) is 17.0 Å². The summed E-state index contributed by atoms with van der Waals surface area (Å²) in [5, 5.41) is 11.6. The largest absolute Gasteiger partial charge is 0.429 e. The minimum absolute atomic E-state index is 0.00813. The van der Waals surface area contributed by atoms with Gasteiger partial charge in [-0.05, 0) is 30.4 Å². The van der Waals surface area contributed by atoms with Gasteiger partial charge in [0.2, 0.25) is 0 Å². The van der Waals surface area contributed by atoms with Gasteiger partial charge in [-0.25, -0.2) is 0 Å². The lowest BCUT2D eigenvalue weighted by Gasteiger charge is -2.14. The average molecular weight is 277 g/mol. The van der Waals surface area contributed by atoms with Crippen LogP contribution in [0.5, 0.6) is 5.75 Å². The Morgan fingerprint density at radius 3 is 2.79 bits per heavy atom. The SMILES string of the molecule is CN(C)C(=S)Oc1ccc([N+](=O)[O-])c2cccnc12. The summed E-state index contributed by atoms with van der Waals surface area (Å²) in [6.07, 6.45) is 1.55. The number of hydrogen-bond acceptors (Lipinski definition) is 5. The zero-order chi connectivity index (χ0) is 14.0. The summed E-state index contributed by atoms with van der Waals surface area (Å²) in [5.74, 6) is 0.403. The van der Waals surface area contributed by atoms with Crippen LogP contribution in [0.25, 0.3) is 10.9 Å². The Balaban J connectivity index is 2.56. The van der Waals surface area contributed by atoms with Gasteiger partial charge in [-0.15, -0.1) is 0 Å². The zero-order valence-electron chi connectivity index (χ0n) is 10.4. The van der Waals surface area contributed by atoms with Crippen LogP contribution in [0.1, 0.15) is 0 Å². The van der Waals surface area contributed by atoms with Crippen LogP contribution < -0.4 is 4.74 Å². The quantitative estimate of drug-likeness (QED) is 0.477. The van der Waals surface area contributed by atoms with E-state index in [1.807, 2.05) is 0 Å². The lowest BCUT2D eigenvalue weighted by molar-refractivity contribution is -0.383. The van der Waals surface area contributed by atoms with Gasteiger partial charge >= 0.3 is 0 Å². The smallest absolute Gasteiger partial charge is 0.279 e. The van der Waals surface area contributed by atoms with Gasteiger partial charge in [-0.2, -0.15) is 0 Å². The van der Waals surface area contributed by atoms with Gasteiger partial charge in [-0.1, -0.05) is 0 Å². The van der Waals surface area contributed by atoms with Crippen LogP contribution in [-0.2, 0) is 0 Å². The van der Waals surface area contributed by atoms with Crippen molar-refractivity contribution in [2.45, 2.75) is 0 Å². The van der Waals surface area contributed by atoms with Gasteiger partial charge in [0.05, 0.1) is 10.3 Å². The molecule has 19 heavy (non-hydrogen) atoms. The number of non-ortho nitro benzene ring substituents is 1. The molecule has 0 unspecified atom stereocenters. The highest BCUT2D eigenvalue weighted by molar-refractivity contribution is 7.80. The van der Waals surface area contributed by atoms with Gasteiger partial charge in [0.1, 0.15) is 5.52 Å². The van der Waals surface area contributed by atoms with Crippen molar-refractivity contribution in [3.63, 3.8) is 0 Å². The molecule has 2 rings (SSSR count). The van der Waals surface area contributed by atoms with Crippen LogP contribution in [0.3, 0.4) is 0 Å². The molecule has 7 heteroatoms. The van der Waals surface area contributed by atoms with E-state index >= 15 is 0 Å². The molecule has 0 atom stereocenters. The van der Waals surface area contributed by atoms with E-state index in [-0.39, 0.29) is 10.9 Å². The van der Waals surface area contributed by atoms with Gasteiger partial charge < -0.3 is 9.64 Å². The second kappa shape index (κ2) is 5.15. The zero-order valence-corrected chi connectivity index (χ0v) is 11.2. The predicted molar refractivity (Wildman–Crippen MR) is 75.3 cm³/mol. The van der Waals surface area contributed by atoms with Crippen molar-refractivity contribution in [3.05, 3.63) is 40.6 Å². The van der Waals surface area contributed by atoms with Crippen LogP contribution >= 0.6 is 12.2 Å². The Bertz CT molecular complexity index is 658. The summed E-state index contributed by atoms with van der Waals surface area (Å²) < 4.78 is 5.50. The third kappa shape index (κ3) is 2.60. The molecule has 1 heterocycles. The Labute approximate surface area is 114 Å². The van der Waals surface area contributed by atoms with Crippen molar-refractivity contribution in [3.8, 4) is 5.75 Å². The van der Waals surface area contributed by atoms with Gasteiger partial charge in [-0.3, -0.25) is 15.1 Å². The number of fused-ring (bicyclic) bond motifs is 1. The lowest BCUT2D eigenvalue weighted by Crippen LogP contribution is -2.25. The minimum Gasteiger partial charge on any atom is -0.429 e. The number of pyridine rings is 1. The van der Waals surface area contributed by atoms with Crippen molar-refractivity contribution in [2.75, 3.05) is 14.1 Å². The summed E-state index contributed by atoms with van der Waals surface area (Å²) in [7, 11) is 3.51. The number of aromatic nitrogens is 1. The van der Waals surface area contributed by atoms with Crippen LogP contribution in [0, 0.1) is 10.1 Å². The molecule has 1 aromatic carbocycles. The van der Waals surface area contributed by atoms with E-state index in [1.54, 1.807) is 37.3 Å². The molecule has 6 nitrogen and oxygen atoms in total. The summed E-state index contributed by atoms with van der Waals surface area (Å²) in [6, 6.07) is 6.16. The number of benzene rings is 1. The first-order valence-electron chi connectivity index (χ1n) is 5.42. The number of hydrogen-bond donors (Lipinski definition) is 0. The van der Waals surface area contributed by atoms with E-state index in [2.05, 4.69) is 4.98 Å². The fourth-order valence-corrected chi connectivity index (χ4v) is 1.65. The molecule has 1 aromatic heterocycles. The van der Waals surface area contributed by atoms with E-state index in [0.29, 0.717) is 16.7 Å². The molecular formula is C12H11N3O3S. The molecule has 0 fully saturated rings. The summed E-state index contributed by atoms with van der Waals surface area (Å²) in [5.41, 5.74) is 0.409. The van der Waals surface area contributed by atoms with Crippen LogP contribution in [-0.4, -0.2) is 34.1 Å². The van der Waals surface area contributed by atoms with E-state index in [1.165, 1.54) is 12.1 Å². The van der Waals surface area contributed by atoms with E-state index in [0.717, 1.165) is 0 Å². The molecule has 0 amide bonds. The Hall–Kier alpha value is -2.28. The fraction of sp³-hybridized carbons (Fsp3) is 0.167. The van der Waals surface area contributed by atoms with E-state index in [9.17, 15) is 10.1 Å². The number of nitrogens with zero attached hydrogens (tertiary/aromatic N) is 3. The normalized spacial score (nSPS) is 10.2. The predicted octanol–water partition coefficient (Wildman–Crippen LogP) is 2.37. The highest BCUT2D eigenvalue weighted by Crippen LogP contribution is 2.31. The molecule has 2 aromatic rings. The van der Waals surface area contributed by atoms with Gasteiger partial charge in [0.25, 0.3) is 10.9 Å². The van der Waals surface area contributed by atoms with Crippen LogP contribution in [0.2, 0.25) is 0 Å². The van der Waals surface area contributed by atoms with Crippen molar-refractivity contribution >= 4 is 34.0 Å². The summed E-state index contributed by atoms with van der Waals surface area (Å²) in [6.45, 7) is 0. The maximum Gasteiger partial charge on any atom is 0.279 e. The van der Waals surface area contributed by atoms with Crippen LogP contribution in [0.4, 0.5) is 5.69 Å². The molecule has 98 valence electrons. The number of thiocarbonyl (C=S) groups is 1. The maximum atomic E-state index is 11.0. The Kier molecular flexibility index (Phi) is 3.57. The van der Waals surface area contributed by atoms with Crippen LogP contribution in [0.15, 0.2) is 30.5 Å². The Morgan fingerprint density at radius 2 is 2.16 bits per heavy atom. The van der Waals surface area contributed by atoms with E-state index < -0.39 is 4.92 Å². The minimum atomic E-state index is -0.446. The second-order valence-electron chi connectivity index (χ2n) is 4.00. The molecule has 0 N–H and O–H groups in total. The lowest BCUT2D eigenvalue weighted by atomic mass is 10.1. The fourth-order valence-electron chi connectivity index (χ4n) is 1.56. The molecule has 0 aliphatic rings. The molecule has 0 aliphatic heterocycles. The molecular weight excluding hydrogens is 266 g/mol. The summed E-state index contributed by atoms with van der Waals surface area (Å²) >= 11 is 5.05. The van der Waals surface area contributed by atoms with Crippen molar-refractivity contribution in [2.24, 2.45) is 0 Å². The second-order valence-corrected chi connectivity index (χ2v) is 4.35. The highest BCUT2D eigenvalue weighted by Gasteiger charge is 2.16. The number of nitro benzene ring substituents is 1. The van der Waals surface area contributed by atoms with Crippen molar-refractivity contribution in [1.82, 2.24) is 9.88 Å². The first-order valence-corrected chi connectivity index (χ1v) is 5.83. The number of nitro groups is 1.